The van der Waals surface area contributed by atoms with Crippen LogP contribution in [-0.4, -0.2) is 93.2 Å². The van der Waals surface area contributed by atoms with E-state index in [4.69, 9.17) is 0 Å². The van der Waals surface area contributed by atoms with E-state index in [1.807, 2.05) is 12.5 Å². The number of nitrogens with one attached hydrogen (secondary N) is 1. The Morgan fingerprint density at radius 3 is 1.74 bits per heavy atom. The highest BCUT2D eigenvalue weighted by Crippen LogP contribution is 2.21. The number of carbonyl (C=O) groups is 3. The number of thioether (sulfide) groups is 2. The molecule has 1 rings (SSSR count). The van der Waals surface area contributed by atoms with Gasteiger partial charge in [-0.25, -0.2) is 8.42 Å². The molecular weight excluding hydrogens is 449 g/mol. The van der Waals surface area contributed by atoms with E-state index >= 15 is 0 Å². The highest BCUT2D eigenvalue weighted by Gasteiger charge is 2.34. The first-order valence-electron chi connectivity index (χ1n) is 7.72. The zero-order chi connectivity index (χ0) is 22.0. The van der Waals surface area contributed by atoms with Crippen molar-refractivity contribution in [2.75, 3.05) is 56.9 Å². The van der Waals surface area contributed by atoms with Gasteiger partial charge in [0.15, 0.2) is 0 Å². The molecule has 1 aliphatic heterocycles. The molecule has 1 aliphatic rings. The van der Waals surface area contributed by atoms with Crippen LogP contribution in [0.2, 0.25) is 0 Å². The van der Waals surface area contributed by atoms with Gasteiger partial charge in [-0.1, -0.05) is 28.5 Å². The molecule has 0 spiro atoms. The van der Waals surface area contributed by atoms with Crippen molar-refractivity contribution in [1.82, 2.24) is 10.2 Å². The average molecular weight is 481 g/mol. The van der Waals surface area contributed by atoms with Crippen molar-refractivity contribution in [3.63, 3.8) is 0 Å². The molecule has 0 aromatic rings. The van der Waals surface area contributed by atoms with Gasteiger partial charge >= 0.3 is 0 Å². The van der Waals surface area contributed by atoms with Crippen LogP contribution in [-0.2, 0) is 24.2 Å². The molecule has 0 bridgehead atoms. The quantitative estimate of drug-likeness (QED) is 0.467. The van der Waals surface area contributed by atoms with Crippen LogP contribution in [0, 0.1) is 0 Å². The molecule has 1 fully saturated rings. The summed E-state index contributed by atoms with van der Waals surface area (Å²) in [6.45, 7) is 1.62. The molecule has 0 radical (unpaired) electrons. The lowest BCUT2D eigenvalue weighted by Gasteiger charge is -2.04. The number of carbonyl (C=O) groups excluding carboxylic acids is 3. The lowest BCUT2D eigenvalue weighted by Crippen LogP contribution is -2.26. The zero-order valence-electron chi connectivity index (χ0n) is 17.2. The van der Waals surface area contributed by atoms with E-state index in [1.165, 1.54) is 41.7 Å². The van der Waals surface area contributed by atoms with Gasteiger partial charge in [-0.3, -0.25) is 19.3 Å². The number of sulfone groups is 1. The maximum absolute atomic E-state index is 11.0. The maximum Gasteiger partial charge on any atom is 0.242 e. The summed E-state index contributed by atoms with van der Waals surface area (Å²) in [5.74, 6) is 0.776. The molecule has 0 aromatic heterocycles. The molecule has 0 saturated carbocycles. The van der Waals surface area contributed by atoms with Crippen LogP contribution in [0.1, 0.15) is 13.3 Å². The third-order valence-electron chi connectivity index (χ3n) is 2.87. The van der Waals surface area contributed by atoms with Crippen LogP contribution in [0.5, 0.6) is 0 Å². The summed E-state index contributed by atoms with van der Waals surface area (Å²) in [5, 5.41) is 2.38. The third-order valence-corrected chi connectivity index (χ3v) is 6.74. The van der Waals surface area contributed by atoms with Crippen molar-refractivity contribution < 1.29 is 22.8 Å². The molecule has 1 saturated heterocycles. The summed E-state index contributed by atoms with van der Waals surface area (Å²) in [6, 6.07) is 0. The van der Waals surface area contributed by atoms with Crippen molar-refractivity contribution >= 4 is 72.7 Å². The molecule has 1 atom stereocenters. The summed E-state index contributed by atoms with van der Waals surface area (Å²) in [7, 11) is 4.05. The topological polar surface area (TPSA) is 101 Å². The van der Waals surface area contributed by atoms with E-state index in [9.17, 15) is 22.8 Å². The van der Waals surface area contributed by atoms with Crippen molar-refractivity contribution in [3.05, 3.63) is 0 Å². The fourth-order valence-electron chi connectivity index (χ4n) is 1.11. The summed E-state index contributed by atoms with van der Waals surface area (Å²) in [5.41, 5.74) is 0. The second-order valence-corrected chi connectivity index (χ2v) is 11.9. The summed E-state index contributed by atoms with van der Waals surface area (Å²) in [4.78, 5) is 33.4. The largest absolute Gasteiger partial charge is 0.358 e. The van der Waals surface area contributed by atoms with E-state index in [-0.39, 0.29) is 28.7 Å². The number of nitrogens with zero attached hydrogens (tertiary/aromatic N) is 1. The Hall–Kier alpha value is -0.0400. The first-order chi connectivity index (χ1) is 12.4. The number of hydrogen-bond donors (Lipinski definition) is 1. The van der Waals surface area contributed by atoms with Gasteiger partial charge in [0.1, 0.15) is 9.84 Å². The van der Waals surface area contributed by atoms with Crippen LogP contribution < -0.4 is 5.32 Å². The molecule has 27 heavy (non-hydrogen) atoms. The third kappa shape index (κ3) is 20.5. The van der Waals surface area contributed by atoms with Crippen LogP contribution in [0.3, 0.4) is 0 Å². The maximum atomic E-state index is 11.0. The van der Waals surface area contributed by atoms with Crippen molar-refractivity contribution in [3.8, 4) is 0 Å². The number of likely N-dealkylation sites (tertiary alicyclic amines) is 1. The van der Waals surface area contributed by atoms with Crippen molar-refractivity contribution in [2.45, 2.75) is 18.6 Å². The predicted octanol–water partition coefficient (Wildman–Crippen LogP) is 1.88. The minimum Gasteiger partial charge on any atom is -0.358 e. The highest BCUT2D eigenvalue weighted by molar-refractivity contribution is 8.76. The summed E-state index contributed by atoms with van der Waals surface area (Å²) >= 11 is 2.96. The lowest BCUT2D eigenvalue weighted by atomic mass is 10.4. The zero-order valence-corrected chi connectivity index (χ0v) is 21.3. The molecular formula is C15H32N2O5S5. The molecule has 3 amide bonds. The van der Waals surface area contributed by atoms with Gasteiger partial charge in [0.2, 0.25) is 17.7 Å². The normalized spacial score (nSPS) is 15.6. The van der Waals surface area contributed by atoms with E-state index in [1.54, 1.807) is 35.6 Å². The predicted molar refractivity (Wildman–Crippen MR) is 125 cm³/mol. The highest BCUT2D eigenvalue weighted by atomic mass is 33.1. The Bertz CT molecular complexity index is 527. The molecule has 7 nitrogen and oxygen atoms in total. The molecule has 1 unspecified atom stereocenters. The van der Waals surface area contributed by atoms with Gasteiger partial charge in [-0.05, 0) is 25.0 Å². The van der Waals surface area contributed by atoms with Gasteiger partial charge in [0, 0.05) is 32.5 Å². The van der Waals surface area contributed by atoms with E-state index in [0.29, 0.717) is 12.2 Å². The Balaban J connectivity index is -0.000000302. The number of amides is 3. The second kappa shape index (κ2) is 19.3. The summed E-state index contributed by atoms with van der Waals surface area (Å²) < 4.78 is 20.0. The fourth-order valence-corrected chi connectivity index (χ4v) is 2.18. The van der Waals surface area contributed by atoms with Gasteiger partial charge in [-0.15, -0.1) is 0 Å². The number of imide groups is 1. The molecule has 1 N–H and O–H groups in total. The molecule has 12 heteroatoms. The second-order valence-electron chi connectivity index (χ2n) is 4.87. The van der Waals surface area contributed by atoms with Crippen LogP contribution in [0.4, 0.5) is 0 Å². The minimum absolute atomic E-state index is 0.0579. The Labute approximate surface area is 180 Å². The monoisotopic (exact) mass is 480 g/mol. The van der Waals surface area contributed by atoms with Crippen LogP contribution >= 0.6 is 45.1 Å². The van der Waals surface area contributed by atoms with E-state index in [2.05, 4.69) is 17.8 Å². The van der Waals surface area contributed by atoms with Gasteiger partial charge < -0.3 is 5.32 Å². The van der Waals surface area contributed by atoms with Crippen molar-refractivity contribution in [2.24, 2.45) is 0 Å². The Morgan fingerprint density at radius 2 is 1.63 bits per heavy atom. The SMILES string of the molecule is CCS(C)(=O)=O.CNC(=O)CSC.CSC1CC(=O)N(C)C1=O.CSSC. The fraction of sp³-hybridized carbons (Fsp3) is 0.800. The van der Waals surface area contributed by atoms with Gasteiger partial charge in [-0.2, -0.15) is 23.5 Å². The first kappa shape index (κ1) is 31.6. The van der Waals surface area contributed by atoms with E-state index < -0.39 is 9.84 Å². The summed E-state index contributed by atoms with van der Waals surface area (Å²) in [6.07, 6.45) is 9.45. The Kier molecular flexibility index (Phi) is 22.6. The Morgan fingerprint density at radius 1 is 1.19 bits per heavy atom. The smallest absolute Gasteiger partial charge is 0.242 e. The van der Waals surface area contributed by atoms with Crippen molar-refractivity contribution in [1.29, 1.82) is 0 Å². The molecule has 0 aromatic carbocycles. The standard InChI is InChI=1S/C6H9NO2S.C4H9NOS.C3H8O2S.C2H6S2/c1-7-5(8)3-4(10-2)6(7)9;1-5-4(6)3-7-2;1-3-6(2,4)5;1-3-4-2/h4H,3H2,1-2H3;3H2,1-2H3,(H,5,6);3H2,1-2H3;1-2H3. The first-order valence-corrected chi connectivity index (χ1v) is 15.4. The van der Waals surface area contributed by atoms with Crippen LogP contribution in [0.25, 0.3) is 0 Å². The molecule has 1 heterocycles. The number of hydrogen-bond acceptors (Lipinski definition) is 9. The van der Waals surface area contributed by atoms with Gasteiger partial charge in [0.05, 0.1) is 11.0 Å². The molecule has 162 valence electrons. The molecule has 0 aliphatic carbocycles. The van der Waals surface area contributed by atoms with Gasteiger partial charge in [0.25, 0.3) is 0 Å². The van der Waals surface area contributed by atoms with E-state index in [0.717, 1.165) is 0 Å². The van der Waals surface area contributed by atoms with Crippen LogP contribution in [0.15, 0.2) is 0 Å². The minimum atomic E-state index is -2.66. The average Bonchev–Trinajstić information content (AvgIpc) is 2.89. The number of rotatable bonds is 5. The lowest BCUT2D eigenvalue weighted by molar-refractivity contribution is -0.136.